The van der Waals surface area contributed by atoms with E-state index in [1.807, 2.05) is 18.2 Å². The lowest BCUT2D eigenvalue weighted by Gasteiger charge is -2.38. The van der Waals surface area contributed by atoms with Gasteiger partial charge in [-0.05, 0) is 82.2 Å². The predicted molar refractivity (Wildman–Crippen MR) is 204 cm³/mol. The lowest BCUT2D eigenvalue weighted by molar-refractivity contribution is 0.163. The van der Waals surface area contributed by atoms with Crippen LogP contribution in [-0.4, -0.2) is 0 Å². The van der Waals surface area contributed by atoms with Crippen molar-refractivity contribution in [3.05, 3.63) is 197 Å². The first-order chi connectivity index (χ1) is 24.5. The van der Waals surface area contributed by atoms with Gasteiger partial charge in [0, 0.05) is 44.6 Å². The highest BCUT2D eigenvalue weighted by Gasteiger charge is 2.44. The summed E-state index contributed by atoms with van der Waals surface area (Å²) >= 11 is 0. The maximum Gasteiger partial charge on any atom is 0.178 e. The van der Waals surface area contributed by atoms with Gasteiger partial charge in [-0.2, -0.15) is 5.26 Å². The van der Waals surface area contributed by atoms with Crippen molar-refractivity contribution in [2.45, 2.75) is 24.9 Å². The molecule has 0 aromatic heterocycles. The Morgan fingerprint density at radius 1 is 0.600 bits per heavy atom. The molecular formula is C47H34N2O. The molecule has 1 aliphatic heterocycles. The monoisotopic (exact) mass is 642 g/mol. The van der Waals surface area contributed by atoms with Gasteiger partial charge in [0.1, 0.15) is 5.75 Å². The number of hydrogen-bond acceptors (Lipinski definition) is 3. The maximum absolute atomic E-state index is 9.77. The van der Waals surface area contributed by atoms with E-state index in [0.717, 1.165) is 50.3 Å². The number of anilines is 3. The van der Waals surface area contributed by atoms with E-state index in [1.165, 1.54) is 22.3 Å². The van der Waals surface area contributed by atoms with E-state index in [4.69, 9.17) is 4.74 Å². The van der Waals surface area contributed by atoms with Crippen molar-refractivity contribution in [1.29, 1.82) is 5.26 Å². The summed E-state index contributed by atoms with van der Waals surface area (Å²) < 4.78 is 7.48. The summed E-state index contributed by atoms with van der Waals surface area (Å²) in [6.07, 6.45) is 4.52. The summed E-state index contributed by atoms with van der Waals surface area (Å²) in [7, 11) is 0. The smallest absolute Gasteiger partial charge is 0.178 e. The number of rotatable bonds is 5. The number of nitrogens with zero attached hydrogens (tertiary/aromatic N) is 2. The summed E-state index contributed by atoms with van der Waals surface area (Å²) in [5.74, 6) is 0.881. The molecule has 0 saturated heterocycles. The molecule has 1 heterocycles. The summed E-state index contributed by atoms with van der Waals surface area (Å²) in [6.45, 7) is 4.54. The second-order valence-corrected chi connectivity index (χ2v) is 13.6. The van der Waals surface area contributed by atoms with Gasteiger partial charge >= 0.3 is 0 Å². The molecule has 1 aliphatic carbocycles. The lowest BCUT2D eigenvalue weighted by atomic mass is 9.76. The highest BCUT2D eigenvalue weighted by atomic mass is 16.5. The van der Waals surface area contributed by atoms with E-state index in [2.05, 4.69) is 176 Å². The molecule has 0 radical (unpaired) electrons. The highest BCUT2D eigenvalue weighted by molar-refractivity contribution is 6.08. The van der Waals surface area contributed by atoms with Crippen molar-refractivity contribution in [3.63, 3.8) is 0 Å². The number of ether oxygens (including phenoxy) is 1. The van der Waals surface area contributed by atoms with Gasteiger partial charge in [-0.15, -0.1) is 0 Å². The van der Waals surface area contributed by atoms with Crippen LogP contribution in [0.2, 0.25) is 0 Å². The average Bonchev–Trinajstić information content (AvgIpc) is 3.42. The molecule has 0 spiro atoms. The zero-order valence-electron chi connectivity index (χ0n) is 28.0. The van der Waals surface area contributed by atoms with Crippen molar-refractivity contribution in [1.82, 2.24) is 0 Å². The van der Waals surface area contributed by atoms with Gasteiger partial charge in [-0.3, -0.25) is 0 Å². The average molecular weight is 643 g/mol. The van der Waals surface area contributed by atoms with Crippen molar-refractivity contribution in [3.8, 4) is 22.9 Å². The minimum Gasteiger partial charge on any atom is -0.472 e. The fourth-order valence-electron chi connectivity index (χ4n) is 8.13. The van der Waals surface area contributed by atoms with Crippen LogP contribution in [0.5, 0.6) is 5.75 Å². The second kappa shape index (κ2) is 11.4. The minimum absolute atomic E-state index is 0.327. The molecule has 7 aromatic carbocycles. The molecule has 7 aromatic rings. The zero-order chi connectivity index (χ0) is 33.9. The molecule has 238 valence electrons. The number of fused-ring (bicyclic) bond motifs is 8. The van der Waals surface area contributed by atoms with Crippen LogP contribution >= 0.6 is 0 Å². The van der Waals surface area contributed by atoms with Crippen molar-refractivity contribution in [2.24, 2.45) is 0 Å². The van der Waals surface area contributed by atoms with Crippen LogP contribution in [-0.2, 0) is 11.0 Å². The Morgan fingerprint density at radius 2 is 1.16 bits per heavy atom. The Hall–Kier alpha value is -6.37. The SMILES string of the molecule is CC1(C)c2cc(C#N)ccc2-c2c1c1c(c3ccccc23)OC(c2ccccc2)(c2ccc(N(c3ccccc3)c3ccccc3)cc2)C=C1. The normalized spacial score (nSPS) is 16.5. The van der Waals surface area contributed by atoms with Crippen LogP contribution in [0.4, 0.5) is 17.1 Å². The molecule has 0 bridgehead atoms. The molecule has 3 nitrogen and oxygen atoms in total. The molecular weight excluding hydrogens is 609 g/mol. The van der Waals surface area contributed by atoms with Crippen LogP contribution in [0.25, 0.3) is 28.0 Å². The van der Waals surface area contributed by atoms with Gasteiger partial charge in [0.2, 0.25) is 0 Å². The molecule has 1 atom stereocenters. The second-order valence-electron chi connectivity index (χ2n) is 13.6. The van der Waals surface area contributed by atoms with Gasteiger partial charge in [0.15, 0.2) is 5.60 Å². The third-order valence-electron chi connectivity index (χ3n) is 10.5. The largest absolute Gasteiger partial charge is 0.472 e. The fraction of sp³-hybridized carbons (Fsp3) is 0.0851. The van der Waals surface area contributed by atoms with Gasteiger partial charge in [-0.1, -0.05) is 129 Å². The van der Waals surface area contributed by atoms with E-state index in [1.54, 1.807) is 0 Å². The van der Waals surface area contributed by atoms with E-state index in [9.17, 15) is 5.26 Å². The van der Waals surface area contributed by atoms with Gasteiger partial charge in [0.25, 0.3) is 0 Å². The minimum atomic E-state index is -0.863. The van der Waals surface area contributed by atoms with Crippen molar-refractivity contribution < 1.29 is 4.74 Å². The third-order valence-corrected chi connectivity index (χ3v) is 10.5. The van der Waals surface area contributed by atoms with Crippen molar-refractivity contribution in [2.75, 3.05) is 4.90 Å². The highest BCUT2D eigenvalue weighted by Crippen LogP contribution is 2.58. The van der Waals surface area contributed by atoms with Crippen LogP contribution < -0.4 is 9.64 Å². The van der Waals surface area contributed by atoms with E-state index >= 15 is 0 Å². The Bertz CT molecular complexity index is 2440. The number of nitriles is 1. The first-order valence-corrected chi connectivity index (χ1v) is 17.1. The Balaban J connectivity index is 1.23. The lowest BCUT2D eigenvalue weighted by Crippen LogP contribution is -2.35. The van der Waals surface area contributed by atoms with Gasteiger partial charge in [-0.25, -0.2) is 0 Å². The van der Waals surface area contributed by atoms with Crippen molar-refractivity contribution >= 4 is 33.9 Å². The van der Waals surface area contributed by atoms with Crippen LogP contribution in [0.3, 0.4) is 0 Å². The summed E-state index contributed by atoms with van der Waals surface area (Å²) in [5, 5.41) is 12.0. The molecule has 0 N–H and O–H groups in total. The number of benzene rings is 7. The van der Waals surface area contributed by atoms with E-state index < -0.39 is 5.60 Å². The zero-order valence-corrected chi connectivity index (χ0v) is 28.0. The number of hydrogen-bond donors (Lipinski definition) is 0. The molecule has 2 aliphatic rings. The first-order valence-electron chi connectivity index (χ1n) is 17.1. The molecule has 9 rings (SSSR count). The Labute approximate surface area is 293 Å². The summed E-state index contributed by atoms with van der Waals surface area (Å²) in [4.78, 5) is 2.28. The molecule has 0 amide bonds. The van der Waals surface area contributed by atoms with E-state index in [0.29, 0.717) is 5.56 Å². The summed E-state index contributed by atoms with van der Waals surface area (Å²) in [6, 6.07) is 57.3. The predicted octanol–water partition coefficient (Wildman–Crippen LogP) is 11.8. The molecule has 0 fully saturated rings. The molecule has 3 heteroatoms. The third kappa shape index (κ3) is 4.42. The Kier molecular flexibility index (Phi) is 6.76. The quantitative estimate of drug-likeness (QED) is 0.187. The summed E-state index contributed by atoms with van der Waals surface area (Å²) in [5.41, 5.74) is 10.8. The molecule has 50 heavy (non-hydrogen) atoms. The Morgan fingerprint density at radius 3 is 1.80 bits per heavy atom. The maximum atomic E-state index is 9.77. The van der Waals surface area contributed by atoms with Crippen LogP contribution in [0.15, 0.2) is 164 Å². The van der Waals surface area contributed by atoms with Crippen LogP contribution in [0.1, 0.15) is 47.2 Å². The fourth-order valence-corrected chi connectivity index (χ4v) is 8.13. The number of para-hydroxylation sites is 2. The standard InChI is InChI=1S/C47H34N2O/c1-46(2)42-30-32(31-48)22-27-40(42)43-38-20-12-13-21-39(38)45-41(44(43)46)28-29-47(50-45,33-14-6-3-7-15-33)34-23-25-37(26-24-34)49(35-16-8-4-9-17-35)36-18-10-5-11-19-36/h3-30H,1-2H3. The topological polar surface area (TPSA) is 36.3 Å². The van der Waals surface area contributed by atoms with Gasteiger partial charge in [0.05, 0.1) is 11.6 Å². The molecule has 0 saturated carbocycles. The van der Waals surface area contributed by atoms with E-state index in [-0.39, 0.29) is 5.41 Å². The molecule has 1 unspecified atom stereocenters. The van der Waals surface area contributed by atoms with Crippen LogP contribution in [0, 0.1) is 11.3 Å². The first kappa shape index (κ1) is 29.7. The van der Waals surface area contributed by atoms with Gasteiger partial charge < -0.3 is 9.64 Å².